The predicted molar refractivity (Wildman–Crippen MR) is 83.9 cm³/mol. The van der Waals surface area contributed by atoms with Crippen molar-refractivity contribution in [2.24, 2.45) is 0 Å². The molecule has 2 atom stereocenters. The van der Waals surface area contributed by atoms with Gasteiger partial charge in [0.15, 0.2) is 0 Å². The Hall–Kier alpha value is -1.59. The van der Waals surface area contributed by atoms with E-state index in [4.69, 9.17) is 9.47 Å². The van der Waals surface area contributed by atoms with Crippen LogP contribution in [0.25, 0.3) is 0 Å². The number of nitrogens with zero attached hydrogens (tertiary/aromatic N) is 2. The van der Waals surface area contributed by atoms with E-state index in [2.05, 4.69) is 9.80 Å². The molecule has 0 radical (unpaired) electrons. The number of para-hydroxylation sites is 1. The van der Waals surface area contributed by atoms with Crippen LogP contribution < -0.4 is 4.74 Å². The Kier molecular flexibility index (Phi) is 4.95. The van der Waals surface area contributed by atoms with E-state index in [9.17, 15) is 4.79 Å². The van der Waals surface area contributed by atoms with Crippen LogP contribution in [0.5, 0.6) is 5.75 Å². The van der Waals surface area contributed by atoms with E-state index in [1.807, 2.05) is 37.3 Å². The van der Waals surface area contributed by atoms with Crippen LogP contribution in [0.3, 0.4) is 0 Å². The van der Waals surface area contributed by atoms with Crippen molar-refractivity contribution in [2.45, 2.75) is 25.5 Å². The molecule has 0 N–H and O–H groups in total. The lowest BCUT2D eigenvalue weighted by atomic mass is 10.1. The fourth-order valence-electron chi connectivity index (χ4n) is 3.14. The minimum absolute atomic E-state index is 0.0299. The summed E-state index contributed by atoms with van der Waals surface area (Å²) in [7, 11) is 0. The first kappa shape index (κ1) is 15.3. The maximum absolute atomic E-state index is 11.8. The Morgan fingerprint density at radius 2 is 1.91 bits per heavy atom. The van der Waals surface area contributed by atoms with Gasteiger partial charge in [-0.15, -0.1) is 0 Å². The highest BCUT2D eigenvalue weighted by Crippen LogP contribution is 2.21. The highest BCUT2D eigenvalue weighted by molar-refractivity contribution is 5.78. The number of carbonyl (C=O) groups is 1. The molecule has 5 nitrogen and oxygen atoms in total. The largest absolute Gasteiger partial charge is 0.492 e. The Bertz CT molecular complexity index is 486. The van der Waals surface area contributed by atoms with E-state index < -0.39 is 0 Å². The third kappa shape index (κ3) is 3.78. The van der Waals surface area contributed by atoms with Crippen LogP contribution in [-0.4, -0.2) is 67.2 Å². The van der Waals surface area contributed by atoms with E-state index in [0.717, 1.165) is 44.9 Å². The van der Waals surface area contributed by atoms with Gasteiger partial charge in [-0.3, -0.25) is 14.6 Å². The highest BCUT2D eigenvalue weighted by atomic mass is 16.6. The fourth-order valence-corrected chi connectivity index (χ4v) is 3.14. The van der Waals surface area contributed by atoms with Gasteiger partial charge in [0.1, 0.15) is 24.5 Å². The molecular weight excluding hydrogens is 280 g/mol. The maximum Gasteiger partial charge on any atom is 0.323 e. The predicted octanol–water partition coefficient (Wildman–Crippen LogP) is 1.39. The average Bonchev–Trinajstić information content (AvgIpc) is 2.88. The lowest BCUT2D eigenvalue weighted by Crippen LogP contribution is -2.52. The van der Waals surface area contributed by atoms with Crippen molar-refractivity contribution in [3.8, 4) is 5.75 Å². The van der Waals surface area contributed by atoms with Crippen molar-refractivity contribution >= 4 is 5.97 Å². The number of hydrogen-bond donors (Lipinski definition) is 0. The zero-order valence-corrected chi connectivity index (χ0v) is 13.1. The number of esters is 1. The molecule has 0 aliphatic carbocycles. The number of hydrogen-bond acceptors (Lipinski definition) is 5. The fraction of sp³-hybridized carbons (Fsp3) is 0.588. The molecule has 22 heavy (non-hydrogen) atoms. The van der Waals surface area contributed by atoms with Crippen LogP contribution in [0, 0.1) is 0 Å². The molecule has 0 amide bonds. The van der Waals surface area contributed by atoms with Crippen molar-refractivity contribution < 1.29 is 14.3 Å². The number of rotatable bonds is 5. The molecular formula is C17H24N2O3. The van der Waals surface area contributed by atoms with E-state index in [-0.39, 0.29) is 18.1 Å². The summed E-state index contributed by atoms with van der Waals surface area (Å²) >= 11 is 0. The maximum atomic E-state index is 11.8. The molecule has 5 heteroatoms. The third-order valence-electron chi connectivity index (χ3n) is 4.41. The molecule has 1 aromatic carbocycles. The summed E-state index contributed by atoms with van der Waals surface area (Å²) in [6, 6.07) is 9.88. The summed E-state index contributed by atoms with van der Waals surface area (Å²) in [4.78, 5) is 16.5. The first-order valence-electron chi connectivity index (χ1n) is 8.07. The zero-order chi connectivity index (χ0) is 15.4. The van der Waals surface area contributed by atoms with Crippen molar-refractivity contribution in [3.63, 3.8) is 0 Å². The van der Waals surface area contributed by atoms with Crippen LogP contribution in [0.4, 0.5) is 0 Å². The summed E-state index contributed by atoms with van der Waals surface area (Å²) in [6.07, 6.45) is 0.894. The lowest BCUT2D eigenvalue weighted by Gasteiger charge is -2.36. The number of cyclic esters (lactones) is 1. The number of benzene rings is 1. The van der Waals surface area contributed by atoms with Gasteiger partial charge in [-0.05, 0) is 19.1 Å². The number of piperazine rings is 1. The van der Waals surface area contributed by atoms with E-state index in [1.54, 1.807) is 0 Å². The second-order valence-corrected chi connectivity index (χ2v) is 6.04. The Morgan fingerprint density at radius 1 is 1.18 bits per heavy atom. The van der Waals surface area contributed by atoms with Crippen molar-refractivity contribution in [3.05, 3.63) is 30.3 Å². The van der Waals surface area contributed by atoms with Gasteiger partial charge >= 0.3 is 5.97 Å². The van der Waals surface area contributed by atoms with Gasteiger partial charge in [-0.25, -0.2) is 0 Å². The minimum Gasteiger partial charge on any atom is -0.492 e. The second-order valence-electron chi connectivity index (χ2n) is 6.04. The summed E-state index contributed by atoms with van der Waals surface area (Å²) in [5, 5.41) is 0. The molecule has 120 valence electrons. The summed E-state index contributed by atoms with van der Waals surface area (Å²) in [5.41, 5.74) is 0. The van der Waals surface area contributed by atoms with Gasteiger partial charge in [0, 0.05) is 39.1 Å². The molecule has 2 unspecified atom stereocenters. The molecule has 2 aliphatic rings. The molecule has 0 spiro atoms. The Morgan fingerprint density at radius 3 is 2.55 bits per heavy atom. The standard InChI is InChI=1S/C17H24N2O3/c1-14-13-16(17(20)22-14)19-9-7-18(8-10-19)11-12-21-15-5-3-2-4-6-15/h2-6,14,16H,7-13H2,1H3. The van der Waals surface area contributed by atoms with E-state index in [1.165, 1.54) is 0 Å². The smallest absolute Gasteiger partial charge is 0.323 e. The van der Waals surface area contributed by atoms with Crippen molar-refractivity contribution in [1.29, 1.82) is 0 Å². The molecule has 0 aromatic heterocycles. The second kappa shape index (κ2) is 7.11. The number of ether oxygens (including phenoxy) is 2. The van der Waals surface area contributed by atoms with Gasteiger partial charge in [0.2, 0.25) is 0 Å². The Balaban J connectivity index is 1.38. The van der Waals surface area contributed by atoms with Gasteiger partial charge in [-0.2, -0.15) is 0 Å². The normalized spacial score (nSPS) is 26.9. The van der Waals surface area contributed by atoms with Crippen LogP contribution in [0.15, 0.2) is 30.3 Å². The minimum atomic E-state index is -0.0478. The number of carbonyl (C=O) groups excluding carboxylic acids is 1. The zero-order valence-electron chi connectivity index (χ0n) is 13.1. The SMILES string of the molecule is CC1CC(N2CCN(CCOc3ccccc3)CC2)C(=O)O1. The molecule has 0 saturated carbocycles. The lowest BCUT2D eigenvalue weighted by molar-refractivity contribution is -0.145. The van der Waals surface area contributed by atoms with Crippen molar-refractivity contribution in [2.75, 3.05) is 39.3 Å². The van der Waals surface area contributed by atoms with E-state index in [0.29, 0.717) is 6.61 Å². The first-order valence-corrected chi connectivity index (χ1v) is 8.07. The molecule has 2 saturated heterocycles. The molecule has 3 rings (SSSR count). The van der Waals surface area contributed by atoms with Crippen LogP contribution in [0.1, 0.15) is 13.3 Å². The quantitative estimate of drug-likeness (QED) is 0.769. The molecule has 2 heterocycles. The summed E-state index contributed by atoms with van der Waals surface area (Å²) < 4.78 is 11.0. The van der Waals surface area contributed by atoms with Gasteiger partial charge < -0.3 is 9.47 Å². The van der Waals surface area contributed by atoms with Crippen LogP contribution >= 0.6 is 0 Å². The monoisotopic (exact) mass is 304 g/mol. The third-order valence-corrected chi connectivity index (χ3v) is 4.41. The molecule has 1 aromatic rings. The average molecular weight is 304 g/mol. The Labute approximate surface area is 131 Å². The topological polar surface area (TPSA) is 42.0 Å². The summed E-state index contributed by atoms with van der Waals surface area (Å²) in [6.45, 7) is 7.41. The summed E-state index contributed by atoms with van der Waals surface area (Å²) in [5.74, 6) is 0.872. The van der Waals surface area contributed by atoms with Gasteiger partial charge in [0.05, 0.1) is 0 Å². The highest BCUT2D eigenvalue weighted by Gasteiger charge is 2.37. The first-order chi connectivity index (χ1) is 10.7. The van der Waals surface area contributed by atoms with Crippen LogP contribution in [-0.2, 0) is 9.53 Å². The molecule has 0 bridgehead atoms. The molecule has 2 aliphatic heterocycles. The molecule has 2 fully saturated rings. The van der Waals surface area contributed by atoms with Gasteiger partial charge in [-0.1, -0.05) is 18.2 Å². The van der Waals surface area contributed by atoms with Crippen LogP contribution in [0.2, 0.25) is 0 Å². The van der Waals surface area contributed by atoms with E-state index >= 15 is 0 Å². The van der Waals surface area contributed by atoms with Crippen molar-refractivity contribution in [1.82, 2.24) is 9.80 Å². The van der Waals surface area contributed by atoms with Gasteiger partial charge in [0.25, 0.3) is 0 Å².